The first-order valence-corrected chi connectivity index (χ1v) is 8.22. The summed E-state index contributed by atoms with van der Waals surface area (Å²) < 4.78 is 5.47. The Morgan fingerprint density at radius 3 is 2.67 bits per heavy atom. The molecule has 2 N–H and O–H groups in total. The van der Waals surface area contributed by atoms with E-state index >= 15 is 0 Å². The van der Waals surface area contributed by atoms with Gasteiger partial charge >= 0.3 is 0 Å². The van der Waals surface area contributed by atoms with E-state index in [1.54, 1.807) is 0 Å². The lowest BCUT2D eigenvalue weighted by atomic mass is 9.93. The van der Waals surface area contributed by atoms with Crippen LogP contribution in [-0.2, 0) is 4.74 Å². The molecule has 1 saturated heterocycles. The Hall–Kier alpha value is -0.900. The summed E-state index contributed by atoms with van der Waals surface area (Å²) in [6, 6.07) is 9.27. The quantitative estimate of drug-likeness (QED) is 0.875. The third-order valence-electron chi connectivity index (χ3n) is 4.62. The summed E-state index contributed by atoms with van der Waals surface area (Å²) in [4.78, 5) is 2.46. The summed E-state index contributed by atoms with van der Waals surface area (Å²) in [6.45, 7) is 7.25. The number of rotatable bonds is 6. The van der Waals surface area contributed by atoms with Crippen LogP contribution in [0.15, 0.2) is 24.3 Å². The third-order valence-corrected chi connectivity index (χ3v) is 4.62. The SMILES string of the molecule is CCC(N)C(c1cccc(C)c1)N(C)CC1CCOCC1. The average molecular weight is 290 g/mol. The van der Waals surface area contributed by atoms with E-state index in [1.165, 1.54) is 24.0 Å². The van der Waals surface area contributed by atoms with Crippen LogP contribution in [0.4, 0.5) is 0 Å². The molecule has 2 atom stereocenters. The van der Waals surface area contributed by atoms with Crippen LogP contribution < -0.4 is 5.73 Å². The molecular formula is C18H30N2O. The van der Waals surface area contributed by atoms with E-state index in [-0.39, 0.29) is 6.04 Å². The van der Waals surface area contributed by atoms with Crippen molar-refractivity contribution in [2.45, 2.75) is 45.2 Å². The molecule has 1 fully saturated rings. The van der Waals surface area contributed by atoms with Gasteiger partial charge in [0.1, 0.15) is 0 Å². The fraction of sp³-hybridized carbons (Fsp3) is 0.667. The predicted molar refractivity (Wildman–Crippen MR) is 88.4 cm³/mol. The van der Waals surface area contributed by atoms with E-state index < -0.39 is 0 Å². The number of benzene rings is 1. The molecule has 1 aromatic carbocycles. The Morgan fingerprint density at radius 2 is 2.05 bits per heavy atom. The molecule has 0 radical (unpaired) electrons. The van der Waals surface area contributed by atoms with Crippen molar-refractivity contribution >= 4 is 0 Å². The second-order valence-corrected chi connectivity index (χ2v) is 6.43. The number of hydrogen-bond donors (Lipinski definition) is 1. The first-order valence-electron chi connectivity index (χ1n) is 8.22. The number of likely N-dealkylation sites (N-methyl/N-ethyl adjacent to an activating group) is 1. The second-order valence-electron chi connectivity index (χ2n) is 6.43. The lowest BCUT2D eigenvalue weighted by Gasteiger charge is -2.36. The molecule has 1 aromatic rings. The first-order chi connectivity index (χ1) is 10.1. The third kappa shape index (κ3) is 4.53. The maximum absolute atomic E-state index is 6.44. The molecule has 0 spiro atoms. The van der Waals surface area contributed by atoms with Crippen LogP contribution in [0.25, 0.3) is 0 Å². The lowest BCUT2D eigenvalue weighted by molar-refractivity contribution is 0.0481. The van der Waals surface area contributed by atoms with Crippen LogP contribution >= 0.6 is 0 Å². The Labute approximate surface area is 129 Å². The molecule has 1 heterocycles. The van der Waals surface area contributed by atoms with Crippen molar-refractivity contribution in [3.05, 3.63) is 35.4 Å². The van der Waals surface area contributed by atoms with Gasteiger partial charge in [-0.25, -0.2) is 0 Å². The Kier molecular flexibility index (Phi) is 6.22. The van der Waals surface area contributed by atoms with Gasteiger partial charge in [-0.05, 0) is 44.7 Å². The molecule has 2 rings (SSSR count). The first kappa shape index (κ1) is 16.5. The molecule has 0 bridgehead atoms. The molecular weight excluding hydrogens is 260 g/mol. The van der Waals surface area contributed by atoms with Crippen molar-refractivity contribution in [3.63, 3.8) is 0 Å². The van der Waals surface area contributed by atoms with E-state index in [9.17, 15) is 0 Å². The molecule has 118 valence electrons. The van der Waals surface area contributed by atoms with Crippen LogP contribution in [0.5, 0.6) is 0 Å². The molecule has 0 aliphatic carbocycles. The highest BCUT2D eigenvalue weighted by Crippen LogP contribution is 2.27. The Balaban J connectivity index is 2.11. The highest BCUT2D eigenvalue weighted by molar-refractivity contribution is 5.26. The molecule has 0 amide bonds. The van der Waals surface area contributed by atoms with Crippen molar-refractivity contribution < 1.29 is 4.74 Å². The van der Waals surface area contributed by atoms with E-state index in [0.717, 1.165) is 32.1 Å². The van der Waals surface area contributed by atoms with Gasteiger partial charge in [0.2, 0.25) is 0 Å². The van der Waals surface area contributed by atoms with Gasteiger partial charge in [-0.2, -0.15) is 0 Å². The molecule has 21 heavy (non-hydrogen) atoms. The minimum atomic E-state index is 0.177. The number of nitrogens with two attached hydrogens (primary N) is 1. The van der Waals surface area contributed by atoms with Crippen molar-refractivity contribution in [2.75, 3.05) is 26.8 Å². The zero-order valence-electron chi connectivity index (χ0n) is 13.7. The standard InChI is InChI=1S/C18H30N2O/c1-4-17(19)18(16-7-5-6-14(2)12-16)20(3)13-15-8-10-21-11-9-15/h5-7,12,15,17-18H,4,8-11,13,19H2,1-3H3. The molecule has 1 aliphatic heterocycles. The lowest BCUT2D eigenvalue weighted by Crippen LogP contribution is -2.41. The highest BCUT2D eigenvalue weighted by Gasteiger charge is 2.26. The topological polar surface area (TPSA) is 38.5 Å². The summed E-state index contributed by atoms with van der Waals surface area (Å²) >= 11 is 0. The predicted octanol–water partition coefficient (Wildman–Crippen LogP) is 3.13. The molecule has 3 heteroatoms. The smallest absolute Gasteiger partial charge is 0.0496 e. The second kappa shape index (κ2) is 7.92. The fourth-order valence-corrected chi connectivity index (χ4v) is 3.36. The minimum Gasteiger partial charge on any atom is -0.381 e. The summed E-state index contributed by atoms with van der Waals surface area (Å²) in [5.74, 6) is 0.736. The van der Waals surface area contributed by atoms with E-state index in [0.29, 0.717) is 6.04 Å². The van der Waals surface area contributed by atoms with Gasteiger partial charge < -0.3 is 10.5 Å². The van der Waals surface area contributed by atoms with Gasteiger partial charge in [0.25, 0.3) is 0 Å². The molecule has 1 aliphatic rings. The number of hydrogen-bond acceptors (Lipinski definition) is 3. The average Bonchev–Trinajstić information content (AvgIpc) is 2.48. The van der Waals surface area contributed by atoms with Crippen LogP contribution in [0, 0.1) is 12.8 Å². The largest absolute Gasteiger partial charge is 0.381 e. The maximum Gasteiger partial charge on any atom is 0.0496 e. The van der Waals surface area contributed by atoms with Gasteiger partial charge in [0.15, 0.2) is 0 Å². The number of aryl methyl sites for hydroxylation is 1. The van der Waals surface area contributed by atoms with Gasteiger partial charge in [-0.1, -0.05) is 36.8 Å². The maximum atomic E-state index is 6.44. The van der Waals surface area contributed by atoms with Crippen molar-refractivity contribution in [3.8, 4) is 0 Å². The Morgan fingerprint density at radius 1 is 1.33 bits per heavy atom. The number of ether oxygens (including phenoxy) is 1. The molecule has 2 unspecified atom stereocenters. The summed E-state index contributed by atoms with van der Waals surface area (Å²) in [6.07, 6.45) is 3.34. The van der Waals surface area contributed by atoms with Gasteiger partial charge in [0, 0.05) is 31.8 Å². The normalized spacial score (nSPS) is 19.7. The van der Waals surface area contributed by atoms with Gasteiger partial charge in [-0.3, -0.25) is 4.90 Å². The summed E-state index contributed by atoms with van der Waals surface area (Å²) in [5.41, 5.74) is 9.09. The van der Waals surface area contributed by atoms with Crippen molar-refractivity contribution in [1.29, 1.82) is 0 Å². The van der Waals surface area contributed by atoms with Crippen LogP contribution in [0.3, 0.4) is 0 Å². The van der Waals surface area contributed by atoms with Gasteiger partial charge in [0.05, 0.1) is 0 Å². The van der Waals surface area contributed by atoms with Crippen LogP contribution in [0.2, 0.25) is 0 Å². The van der Waals surface area contributed by atoms with Gasteiger partial charge in [-0.15, -0.1) is 0 Å². The Bertz CT molecular complexity index is 429. The van der Waals surface area contributed by atoms with Crippen LogP contribution in [-0.4, -0.2) is 37.7 Å². The fourth-order valence-electron chi connectivity index (χ4n) is 3.36. The molecule has 0 saturated carbocycles. The van der Waals surface area contributed by atoms with Crippen molar-refractivity contribution in [2.24, 2.45) is 11.7 Å². The van der Waals surface area contributed by atoms with E-state index in [2.05, 4.69) is 50.1 Å². The van der Waals surface area contributed by atoms with E-state index in [4.69, 9.17) is 10.5 Å². The van der Waals surface area contributed by atoms with E-state index in [1.807, 2.05) is 0 Å². The number of nitrogens with zero attached hydrogens (tertiary/aromatic N) is 1. The summed E-state index contributed by atoms with van der Waals surface area (Å²) in [7, 11) is 2.22. The zero-order valence-corrected chi connectivity index (χ0v) is 13.7. The van der Waals surface area contributed by atoms with Crippen LogP contribution in [0.1, 0.15) is 43.4 Å². The zero-order chi connectivity index (χ0) is 15.2. The summed E-state index contributed by atoms with van der Waals surface area (Å²) in [5, 5.41) is 0. The van der Waals surface area contributed by atoms with Crippen molar-refractivity contribution in [1.82, 2.24) is 4.90 Å². The molecule has 3 nitrogen and oxygen atoms in total. The molecule has 0 aromatic heterocycles. The monoisotopic (exact) mass is 290 g/mol. The highest BCUT2D eigenvalue weighted by atomic mass is 16.5. The minimum absolute atomic E-state index is 0.177.